The minimum Gasteiger partial charge on any atom is -0.357 e. The van der Waals surface area contributed by atoms with Gasteiger partial charge in [-0.2, -0.15) is 4.98 Å². The van der Waals surface area contributed by atoms with Gasteiger partial charge in [0.05, 0.1) is 13.1 Å². The Morgan fingerprint density at radius 1 is 1.12 bits per heavy atom. The predicted molar refractivity (Wildman–Crippen MR) is 103 cm³/mol. The first-order chi connectivity index (χ1) is 12.7. The van der Waals surface area contributed by atoms with Crippen molar-refractivity contribution in [1.29, 1.82) is 0 Å². The van der Waals surface area contributed by atoms with Gasteiger partial charge in [-0.3, -0.25) is 0 Å². The third-order valence-corrected chi connectivity index (χ3v) is 3.80. The lowest BCUT2D eigenvalue weighted by molar-refractivity contribution is 0.375. The molecule has 0 radical (unpaired) electrons. The van der Waals surface area contributed by atoms with E-state index in [2.05, 4.69) is 25.8 Å². The molecule has 0 unspecified atom stereocenters. The largest absolute Gasteiger partial charge is 0.357 e. The van der Waals surface area contributed by atoms with E-state index >= 15 is 0 Å². The molecule has 134 valence electrons. The van der Waals surface area contributed by atoms with Crippen LogP contribution in [0.5, 0.6) is 0 Å². The molecule has 0 spiro atoms. The summed E-state index contributed by atoms with van der Waals surface area (Å²) < 4.78 is 5.30. The number of hydrogen-bond donors (Lipinski definition) is 2. The Hall–Kier alpha value is -2.86. The number of guanidine groups is 1. The Kier molecular flexibility index (Phi) is 6.22. The van der Waals surface area contributed by atoms with E-state index in [1.54, 1.807) is 12.1 Å². The van der Waals surface area contributed by atoms with Crippen LogP contribution in [-0.4, -0.2) is 22.6 Å². The fraction of sp³-hybridized carbons (Fsp3) is 0.211. The summed E-state index contributed by atoms with van der Waals surface area (Å²) in [6, 6.07) is 17.4. The Labute approximate surface area is 157 Å². The summed E-state index contributed by atoms with van der Waals surface area (Å²) in [5.74, 6) is 1.68. The topological polar surface area (TPSA) is 75.3 Å². The molecule has 0 aliphatic carbocycles. The van der Waals surface area contributed by atoms with Crippen molar-refractivity contribution >= 4 is 17.6 Å². The van der Waals surface area contributed by atoms with E-state index in [1.165, 1.54) is 0 Å². The monoisotopic (exact) mass is 369 g/mol. The zero-order valence-corrected chi connectivity index (χ0v) is 15.2. The molecule has 7 heteroatoms. The van der Waals surface area contributed by atoms with Gasteiger partial charge >= 0.3 is 0 Å². The van der Waals surface area contributed by atoms with E-state index in [1.807, 2.05) is 49.4 Å². The van der Waals surface area contributed by atoms with Gasteiger partial charge in [0.15, 0.2) is 5.96 Å². The Morgan fingerprint density at radius 3 is 2.73 bits per heavy atom. The molecule has 3 aromatic rings. The van der Waals surface area contributed by atoms with Gasteiger partial charge in [-0.05, 0) is 24.6 Å². The maximum absolute atomic E-state index is 6.00. The first-order valence-corrected chi connectivity index (χ1v) is 8.77. The second kappa shape index (κ2) is 9.01. The van der Waals surface area contributed by atoms with E-state index in [0.29, 0.717) is 35.8 Å². The smallest absolute Gasteiger partial charge is 0.246 e. The summed E-state index contributed by atoms with van der Waals surface area (Å²) in [7, 11) is 0. The summed E-state index contributed by atoms with van der Waals surface area (Å²) in [5, 5.41) is 11.0. The fourth-order valence-electron chi connectivity index (χ4n) is 2.33. The molecule has 1 aromatic heterocycles. The minimum absolute atomic E-state index is 0.383. The summed E-state index contributed by atoms with van der Waals surface area (Å²) in [6.07, 6.45) is 0. The molecule has 0 saturated heterocycles. The highest BCUT2D eigenvalue weighted by molar-refractivity contribution is 6.30. The van der Waals surface area contributed by atoms with Crippen LogP contribution in [0.4, 0.5) is 0 Å². The molecule has 0 bridgehead atoms. The first-order valence-electron chi connectivity index (χ1n) is 8.39. The van der Waals surface area contributed by atoms with E-state index in [-0.39, 0.29) is 0 Å². The quantitative estimate of drug-likeness (QED) is 0.512. The molecule has 0 amide bonds. The zero-order valence-electron chi connectivity index (χ0n) is 14.4. The van der Waals surface area contributed by atoms with Crippen molar-refractivity contribution in [2.75, 3.05) is 6.54 Å². The van der Waals surface area contributed by atoms with Crippen molar-refractivity contribution in [2.45, 2.75) is 20.0 Å². The number of benzene rings is 2. The van der Waals surface area contributed by atoms with Crippen LogP contribution >= 0.6 is 11.6 Å². The molecular weight excluding hydrogens is 350 g/mol. The summed E-state index contributed by atoms with van der Waals surface area (Å²) >= 11 is 6.00. The molecule has 6 nitrogen and oxygen atoms in total. The normalized spacial score (nSPS) is 11.4. The van der Waals surface area contributed by atoms with Crippen molar-refractivity contribution < 1.29 is 4.52 Å². The van der Waals surface area contributed by atoms with Gasteiger partial charge in [-0.1, -0.05) is 59.2 Å². The second-order valence-corrected chi connectivity index (χ2v) is 5.99. The molecule has 26 heavy (non-hydrogen) atoms. The van der Waals surface area contributed by atoms with Gasteiger partial charge in [-0.25, -0.2) is 4.99 Å². The van der Waals surface area contributed by atoms with Crippen molar-refractivity contribution in [1.82, 2.24) is 20.8 Å². The molecule has 1 heterocycles. The Bertz CT molecular complexity index is 863. The lowest BCUT2D eigenvalue weighted by Crippen LogP contribution is -2.36. The molecule has 2 aromatic carbocycles. The van der Waals surface area contributed by atoms with E-state index < -0.39 is 0 Å². The van der Waals surface area contributed by atoms with Gasteiger partial charge in [0.2, 0.25) is 11.7 Å². The maximum atomic E-state index is 6.00. The van der Waals surface area contributed by atoms with Crippen LogP contribution < -0.4 is 10.6 Å². The highest BCUT2D eigenvalue weighted by atomic mass is 35.5. The lowest BCUT2D eigenvalue weighted by atomic mass is 10.2. The molecule has 0 aliphatic heterocycles. The number of hydrogen-bond acceptors (Lipinski definition) is 4. The maximum Gasteiger partial charge on any atom is 0.246 e. The van der Waals surface area contributed by atoms with Crippen molar-refractivity contribution in [3.8, 4) is 11.4 Å². The molecule has 0 saturated carbocycles. The summed E-state index contributed by atoms with van der Waals surface area (Å²) in [5.41, 5.74) is 1.96. The molecular formula is C19H20ClN5O. The third kappa shape index (κ3) is 5.07. The number of aromatic nitrogens is 2. The number of nitrogens with zero attached hydrogens (tertiary/aromatic N) is 3. The van der Waals surface area contributed by atoms with Gasteiger partial charge in [0.25, 0.3) is 0 Å². The van der Waals surface area contributed by atoms with Crippen LogP contribution in [0.25, 0.3) is 11.4 Å². The fourth-order valence-corrected chi connectivity index (χ4v) is 2.52. The third-order valence-electron chi connectivity index (χ3n) is 3.56. The van der Waals surface area contributed by atoms with Crippen molar-refractivity contribution in [3.63, 3.8) is 0 Å². The average molecular weight is 370 g/mol. The van der Waals surface area contributed by atoms with Crippen LogP contribution in [-0.2, 0) is 13.1 Å². The lowest BCUT2D eigenvalue weighted by Gasteiger charge is -2.09. The second-order valence-electron chi connectivity index (χ2n) is 5.56. The number of nitrogens with one attached hydrogen (secondary N) is 2. The highest BCUT2D eigenvalue weighted by Crippen LogP contribution is 2.19. The Morgan fingerprint density at radius 2 is 1.96 bits per heavy atom. The van der Waals surface area contributed by atoms with E-state index in [0.717, 1.165) is 17.7 Å². The van der Waals surface area contributed by atoms with Crippen molar-refractivity contribution in [2.24, 2.45) is 4.99 Å². The van der Waals surface area contributed by atoms with Crippen LogP contribution in [0.2, 0.25) is 5.02 Å². The number of aliphatic imine (C=N–C) groups is 1. The molecule has 2 N–H and O–H groups in total. The predicted octanol–water partition coefficient (Wildman–Crippen LogP) is 3.65. The van der Waals surface area contributed by atoms with Crippen LogP contribution in [0.15, 0.2) is 64.1 Å². The standard InChI is InChI=1S/C19H20ClN5O/c1-2-21-19(22-12-14-7-4-3-5-8-14)23-13-17-24-18(25-26-17)15-9-6-10-16(20)11-15/h3-11H,2,12-13H2,1H3,(H2,21,22,23). The molecule has 0 aliphatic rings. The number of halogens is 1. The minimum atomic E-state index is 0.383. The van der Waals surface area contributed by atoms with E-state index in [9.17, 15) is 0 Å². The van der Waals surface area contributed by atoms with Gasteiger partial charge in [0.1, 0.15) is 0 Å². The van der Waals surface area contributed by atoms with Crippen LogP contribution in [0.1, 0.15) is 18.4 Å². The van der Waals surface area contributed by atoms with Gasteiger partial charge in [0, 0.05) is 17.1 Å². The first kappa shape index (κ1) is 17.9. The summed E-state index contributed by atoms with van der Waals surface area (Å²) in [6.45, 7) is 3.75. The molecule has 0 atom stereocenters. The number of rotatable bonds is 6. The highest BCUT2D eigenvalue weighted by Gasteiger charge is 2.09. The van der Waals surface area contributed by atoms with Crippen LogP contribution in [0, 0.1) is 0 Å². The average Bonchev–Trinajstić information content (AvgIpc) is 3.14. The van der Waals surface area contributed by atoms with Gasteiger partial charge < -0.3 is 15.2 Å². The summed E-state index contributed by atoms with van der Waals surface area (Å²) in [4.78, 5) is 8.95. The Balaban J connectivity index is 1.62. The van der Waals surface area contributed by atoms with Gasteiger partial charge in [-0.15, -0.1) is 0 Å². The SMILES string of the molecule is CCNC(=NCc1ccccc1)NCc1nc(-c2cccc(Cl)c2)no1. The molecule has 0 fully saturated rings. The molecule has 3 rings (SSSR count). The zero-order chi connectivity index (χ0) is 18.2. The van der Waals surface area contributed by atoms with Crippen LogP contribution in [0.3, 0.4) is 0 Å². The van der Waals surface area contributed by atoms with E-state index in [4.69, 9.17) is 16.1 Å². The van der Waals surface area contributed by atoms with Crippen molar-refractivity contribution in [3.05, 3.63) is 71.1 Å².